The van der Waals surface area contributed by atoms with Crippen LogP contribution in [-0.4, -0.2) is 41.9 Å². The highest BCUT2D eigenvalue weighted by molar-refractivity contribution is 6.31. The molecule has 0 bridgehead atoms. The molecule has 0 saturated heterocycles. The Hall–Kier alpha value is -3.00. The summed E-state index contributed by atoms with van der Waals surface area (Å²) < 4.78 is 10.4. The summed E-state index contributed by atoms with van der Waals surface area (Å²) in [6.45, 7) is -0.272. The first kappa shape index (κ1) is 16.8. The first-order chi connectivity index (χ1) is 12.1. The van der Waals surface area contributed by atoms with Gasteiger partial charge in [-0.05, 0) is 35.5 Å². The van der Waals surface area contributed by atoms with E-state index < -0.39 is 5.91 Å². The van der Waals surface area contributed by atoms with Crippen LogP contribution in [0, 0.1) is 0 Å². The van der Waals surface area contributed by atoms with Crippen LogP contribution in [0.15, 0.2) is 36.4 Å². The SMILES string of the molecule is COc1ccc(OC)c(NC(=O)COn2nnc3ccc(Cl)cc32)c1. The van der Waals surface area contributed by atoms with Crippen molar-refractivity contribution < 1.29 is 19.1 Å². The van der Waals surface area contributed by atoms with Gasteiger partial charge in [0.2, 0.25) is 0 Å². The molecule has 9 heteroatoms. The molecule has 3 aromatic rings. The van der Waals surface area contributed by atoms with E-state index in [-0.39, 0.29) is 6.61 Å². The number of carbonyl (C=O) groups excluding carboxylic acids is 1. The topological polar surface area (TPSA) is 87.5 Å². The first-order valence-corrected chi connectivity index (χ1v) is 7.64. The Morgan fingerprint density at radius 1 is 1.20 bits per heavy atom. The van der Waals surface area contributed by atoms with E-state index in [0.717, 1.165) is 4.85 Å². The van der Waals surface area contributed by atoms with Crippen molar-refractivity contribution in [3.8, 4) is 11.5 Å². The third-order valence-electron chi connectivity index (χ3n) is 3.38. The summed E-state index contributed by atoms with van der Waals surface area (Å²) in [7, 11) is 3.05. The van der Waals surface area contributed by atoms with Crippen molar-refractivity contribution in [2.24, 2.45) is 0 Å². The van der Waals surface area contributed by atoms with Gasteiger partial charge in [0, 0.05) is 11.1 Å². The number of carbonyl (C=O) groups is 1. The molecular weight excluding hydrogens is 348 g/mol. The Morgan fingerprint density at radius 3 is 2.80 bits per heavy atom. The van der Waals surface area contributed by atoms with Crippen LogP contribution in [0.5, 0.6) is 11.5 Å². The van der Waals surface area contributed by atoms with Gasteiger partial charge in [0.25, 0.3) is 5.91 Å². The van der Waals surface area contributed by atoms with E-state index >= 15 is 0 Å². The van der Waals surface area contributed by atoms with E-state index in [1.807, 2.05) is 0 Å². The van der Waals surface area contributed by atoms with Crippen molar-refractivity contribution in [3.05, 3.63) is 41.4 Å². The van der Waals surface area contributed by atoms with Gasteiger partial charge in [0.05, 0.1) is 19.9 Å². The van der Waals surface area contributed by atoms with Gasteiger partial charge in [0.15, 0.2) is 6.61 Å². The zero-order valence-electron chi connectivity index (χ0n) is 13.5. The fourth-order valence-corrected chi connectivity index (χ4v) is 2.35. The van der Waals surface area contributed by atoms with Crippen molar-refractivity contribution in [2.45, 2.75) is 0 Å². The summed E-state index contributed by atoms with van der Waals surface area (Å²) in [5.41, 5.74) is 1.65. The number of nitrogens with zero attached hydrogens (tertiary/aromatic N) is 3. The molecule has 0 fully saturated rings. The molecule has 2 aromatic carbocycles. The molecule has 1 heterocycles. The highest BCUT2D eigenvalue weighted by Crippen LogP contribution is 2.28. The van der Waals surface area contributed by atoms with E-state index in [1.165, 1.54) is 14.2 Å². The second-order valence-electron chi connectivity index (χ2n) is 4.98. The molecule has 0 saturated carbocycles. The van der Waals surface area contributed by atoms with Gasteiger partial charge in [-0.25, -0.2) is 0 Å². The molecule has 1 aromatic heterocycles. The smallest absolute Gasteiger partial charge is 0.265 e. The summed E-state index contributed by atoms with van der Waals surface area (Å²) in [5.74, 6) is 0.707. The molecule has 25 heavy (non-hydrogen) atoms. The second kappa shape index (κ2) is 7.27. The van der Waals surface area contributed by atoms with E-state index in [1.54, 1.807) is 36.4 Å². The molecule has 0 aliphatic carbocycles. The normalized spacial score (nSPS) is 10.5. The number of halogens is 1. The maximum atomic E-state index is 12.2. The number of fused-ring (bicyclic) bond motifs is 1. The van der Waals surface area contributed by atoms with Crippen LogP contribution >= 0.6 is 11.6 Å². The maximum Gasteiger partial charge on any atom is 0.265 e. The van der Waals surface area contributed by atoms with Gasteiger partial charge >= 0.3 is 0 Å². The lowest BCUT2D eigenvalue weighted by atomic mass is 10.2. The zero-order chi connectivity index (χ0) is 17.8. The number of methoxy groups -OCH3 is 2. The van der Waals surface area contributed by atoms with Gasteiger partial charge in [-0.2, -0.15) is 0 Å². The number of anilines is 1. The van der Waals surface area contributed by atoms with Crippen LogP contribution in [0.25, 0.3) is 11.0 Å². The standard InChI is InChI=1S/C16H15ClN4O4/c1-23-11-4-6-15(24-2)13(8-11)18-16(22)9-25-21-14-7-10(17)3-5-12(14)19-20-21/h3-8H,9H2,1-2H3,(H,18,22). The van der Waals surface area contributed by atoms with Crippen LogP contribution in [0.4, 0.5) is 5.69 Å². The van der Waals surface area contributed by atoms with Crippen molar-refractivity contribution in [1.82, 2.24) is 15.2 Å². The van der Waals surface area contributed by atoms with Crippen LogP contribution in [0.1, 0.15) is 0 Å². The summed E-state index contributed by atoms with van der Waals surface area (Å²) in [5, 5.41) is 11.0. The Balaban J connectivity index is 1.69. The van der Waals surface area contributed by atoms with E-state index in [2.05, 4.69) is 15.6 Å². The number of nitrogens with one attached hydrogen (secondary N) is 1. The predicted octanol–water partition coefficient (Wildman–Crippen LogP) is 2.17. The highest BCUT2D eigenvalue weighted by atomic mass is 35.5. The molecule has 130 valence electrons. The minimum Gasteiger partial charge on any atom is -0.497 e. The first-order valence-electron chi connectivity index (χ1n) is 7.27. The fourth-order valence-electron chi connectivity index (χ4n) is 2.18. The van der Waals surface area contributed by atoms with Crippen LogP contribution in [0.3, 0.4) is 0 Å². The number of aromatic nitrogens is 3. The van der Waals surface area contributed by atoms with Crippen LogP contribution in [-0.2, 0) is 4.79 Å². The lowest BCUT2D eigenvalue weighted by Crippen LogP contribution is -2.26. The Morgan fingerprint density at radius 2 is 2.04 bits per heavy atom. The summed E-state index contributed by atoms with van der Waals surface area (Å²) in [6, 6.07) is 10.1. The van der Waals surface area contributed by atoms with Gasteiger partial charge in [0.1, 0.15) is 22.5 Å². The third kappa shape index (κ3) is 3.74. The molecule has 0 aliphatic heterocycles. The molecule has 3 rings (SSSR count). The average molecular weight is 363 g/mol. The van der Waals surface area contributed by atoms with Crippen LogP contribution in [0.2, 0.25) is 5.02 Å². The number of benzene rings is 2. The molecule has 1 amide bonds. The quantitative estimate of drug-likeness (QED) is 0.723. The lowest BCUT2D eigenvalue weighted by molar-refractivity contribution is -0.121. The van der Waals surface area contributed by atoms with Gasteiger partial charge < -0.3 is 19.6 Å². The highest BCUT2D eigenvalue weighted by Gasteiger charge is 2.12. The zero-order valence-corrected chi connectivity index (χ0v) is 14.3. The van der Waals surface area contributed by atoms with Gasteiger partial charge in [-0.1, -0.05) is 16.4 Å². The fraction of sp³-hybridized carbons (Fsp3) is 0.188. The number of ether oxygens (including phenoxy) is 2. The lowest BCUT2D eigenvalue weighted by Gasteiger charge is -2.12. The molecule has 0 unspecified atom stereocenters. The van der Waals surface area contributed by atoms with E-state index in [4.69, 9.17) is 25.9 Å². The van der Waals surface area contributed by atoms with E-state index in [0.29, 0.717) is 33.2 Å². The van der Waals surface area contributed by atoms with Crippen LogP contribution < -0.4 is 19.6 Å². The molecule has 0 radical (unpaired) electrons. The van der Waals surface area contributed by atoms with Gasteiger partial charge in [-0.3, -0.25) is 4.79 Å². The molecule has 0 spiro atoms. The Labute approximate surface area is 148 Å². The second-order valence-corrected chi connectivity index (χ2v) is 5.42. The van der Waals surface area contributed by atoms with Crippen molar-refractivity contribution >= 4 is 34.2 Å². The van der Waals surface area contributed by atoms with Crippen molar-refractivity contribution in [2.75, 3.05) is 26.1 Å². The minimum atomic E-state index is -0.391. The monoisotopic (exact) mass is 362 g/mol. The van der Waals surface area contributed by atoms with Crippen molar-refractivity contribution in [3.63, 3.8) is 0 Å². The molecular formula is C16H15ClN4O4. The number of hydrogen-bond donors (Lipinski definition) is 1. The van der Waals surface area contributed by atoms with Crippen molar-refractivity contribution in [1.29, 1.82) is 0 Å². The molecule has 0 aliphatic rings. The number of hydrogen-bond acceptors (Lipinski definition) is 6. The average Bonchev–Trinajstić information content (AvgIpc) is 3.02. The summed E-state index contributed by atoms with van der Waals surface area (Å²) >= 11 is 5.95. The molecule has 1 N–H and O–H groups in total. The van der Waals surface area contributed by atoms with E-state index in [9.17, 15) is 4.79 Å². The number of rotatable bonds is 6. The maximum absolute atomic E-state index is 12.2. The predicted molar refractivity (Wildman–Crippen MR) is 92.2 cm³/mol. The molecule has 8 nitrogen and oxygen atoms in total. The summed E-state index contributed by atoms with van der Waals surface area (Å²) in [4.78, 5) is 18.7. The Bertz CT molecular complexity index is 912. The third-order valence-corrected chi connectivity index (χ3v) is 3.61. The minimum absolute atomic E-state index is 0.272. The van der Waals surface area contributed by atoms with Gasteiger partial charge in [-0.15, -0.1) is 5.10 Å². The molecule has 0 atom stereocenters. The Kier molecular flexibility index (Phi) is 4.90. The summed E-state index contributed by atoms with van der Waals surface area (Å²) in [6.07, 6.45) is 0. The largest absolute Gasteiger partial charge is 0.497 e. The number of amides is 1.